The first kappa shape index (κ1) is 9.32. The summed E-state index contributed by atoms with van der Waals surface area (Å²) in [5.74, 6) is 0.631. The molecule has 0 saturated carbocycles. The summed E-state index contributed by atoms with van der Waals surface area (Å²) in [5, 5.41) is 13.6. The normalized spacial score (nSPS) is 15.7. The summed E-state index contributed by atoms with van der Waals surface area (Å²) in [4.78, 5) is 4.10. The fraction of sp³-hybridized carbons (Fsp3) is 0.875. The standard InChI is InChI=1S/C8H17N3O/c1-2-3-4-7-11(12)8-9-5-6-10-8/h12H,2-7H2,1H3,(H,9,10). The molecular formula is C8H17N3O. The van der Waals surface area contributed by atoms with Crippen LogP contribution in [-0.2, 0) is 0 Å². The molecule has 0 radical (unpaired) electrons. The molecule has 1 aliphatic heterocycles. The van der Waals surface area contributed by atoms with Crippen molar-refractivity contribution in [3.63, 3.8) is 0 Å². The van der Waals surface area contributed by atoms with Crippen LogP contribution in [0.2, 0.25) is 0 Å². The highest BCUT2D eigenvalue weighted by Gasteiger charge is 2.10. The first-order chi connectivity index (χ1) is 5.84. The SMILES string of the molecule is CCCCCN(O)C1=NCCN1. The monoisotopic (exact) mass is 171 g/mol. The van der Waals surface area contributed by atoms with Crippen molar-refractivity contribution >= 4 is 5.96 Å². The van der Waals surface area contributed by atoms with Crippen LogP contribution in [0.4, 0.5) is 0 Å². The van der Waals surface area contributed by atoms with Gasteiger partial charge in [0.05, 0.1) is 6.54 Å². The number of unbranched alkanes of at least 4 members (excludes halogenated alkanes) is 2. The van der Waals surface area contributed by atoms with E-state index in [1.807, 2.05) is 0 Å². The maximum absolute atomic E-state index is 9.42. The highest BCUT2D eigenvalue weighted by Crippen LogP contribution is 1.98. The molecule has 1 rings (SSSR count). The van der Waals surface area contributed by atoms with Gasteiger partial charge in [0.2, 0.25) is 5.96 Å². The Hall–Kier alpha value is -0.770. The van der Waals surface area contributed by atoms with Crippen molar-refractivity contribution in [1.29, 1.82) is 0 Å². The van der Waals surface area contributed by atoms with Crippen molar-refractivity contribution in [3.8, 4) is 0 Å². The van der Waals surface area contributed by atoms with Crippen LogP contribution in [-0.4, -0.2) is 35.9 Å². The number of hydrogen-bond acceptors (Lipinski definition) is 4. The molecule has 12 heavy (non-hydrogen) atoms. The van der Waals surface area contributed by atoms with E-state index in [4.69, 9.17) is 0 Å². The molecule has 0 aliphatic carbocycles. The first-order valence-corrected chi connectivity index (χ1v) is 4.59. The van der Waals surface area contributed by atoms with E-state index < -0.39 is 0 Å². The zero-order valence-corrected chi connectivity index (χ0v) is 7.58. The molecule has 0 spiro atoms. The molecule has 1 aliphatic rings. The van der Waals surface area contributed by atoms with Gasteiger partial charge in [0.1, 0.15) is 0 Å². The maximum Gasteiger partial charge on any atom is 0.218 e. The predicted octanol–water partition coefficient (Wildman–Crippen LogP) is 0.827. The van der Waals surface area contributed by atoms with E-state index in [-0.39, 0.29) is 0 Å². The van der Waals surface area contributed by atoms with Gasteiger partial charge in [-0.1, -0.05) is 19.8 Å². The second kappa shape index (κ2) is 4.98. The quantitative estimate of drug-likeness (QED) is 0.486. The Bertz CT molecular complexity index is 158. The van der Waals surface area contributed by atoms with E-state index in [1.54, 1.807) is 0 Å². The maximum atomic E-state index is 9.42. The van der Waals surface area contributed by atoms with Gasteiger partial charge in [0.15, 0.2) is 0 Å². The van der Waals surface area contributed by atoms with Crippen molar-refractivity contribution in [1.82, 2.24) is 10.4 Å². The highest BCUT2D eigenvalue weighted by molar-refractivity contribution is 5.80. The molecule has 0 aromatic carbocycles. The number of hydroxylamine groups is 2. The third kappa shape index (κ3) is 2.70. The van der Waals surface area contributed by atoms with Crippen LogP contribution < -0.4 is 5.32 Å². The molecule has 0 aromatic rings. The zero-order valence-electron chi connectivity index (χ0n) is 7.58. The lowest BCUT2D eigenvalue weighted by molar-refractivity contribution is -0.0188. The molecule has 0 fully saturated rings. The van der Waals surface area contributed by atoms with Gasteiger partial charge in [0.25, 0.3) is 0 Å². The average Bonchev–Trinajstić information content (AvgIpc) is 2.56. The number of nitrogens with one attached hydrogen (secondary N) is 1. The number of hydrogen-bond donors (Lipinski definition) is 2. The molecule has 0 unspecified atom stereocenters. The molecule has 0 aromatic heterocycles. The van der Waals surface area contributed by atoms with E-state index >= 15 is 0 Å². The number of rotatable bonds is 4. The topological polar surface area (TPSA) is 47.9 Å². The largest absolute Gasteiger partial charge is 0.353 e. The summed E-state index contributed by atoms with van der Waals surface area (Å²) in [6.45, 7) is 4.45. The fourth-order valence-corrected chi connectivity index (χ4v) is 1.18. The Morgan fingerprint density at radius 1 is 1.58 bits per heavy atom. The second-order valence-corrected chi connectivity index (χ2v) is 2.96. The summed E-state index contributed by atoms with van der Waals surface area (Å²) in [6, 6.07) is 0. The molecule has 0 amide bonds. The molecule has 1 heterocycles. The van der Waals surface area contributed by atoms with Gasteiger partial charge in [0, 0.05) is 13.1 Å². The lowest BCUT2D eigenvalue weighted by Gasteiger charge is -2.15. The van der Waals surface area contributed by atoms with E-state index in [9.17, 15) is 5.21 Å². The smallest absolute Gasteiger partial charge is 0.218 e. The molecule has 0 bridgehead atoms. The van der Waals surface area contributed by atoms with Gasteiger partial charge in [-0.25, -0.2) is 10.1 Å². The summed E-state index contributed by atoms with van der Waals surface area (Å²) in [7, 11) is 0. The molecule has 2 N–H and O–H groups in total. The fourth-order valence-electron chi connectivity index (χ4n) is 1.18. The third-order valence-electron chi connectivity index (χ3n) is 1.87. The van der Waals surface area contributed by atoms with Crippen LogP contribution >= 0.6 is 0 Å². The van der Waals surface area contributed by atoms with Crippen LogP contribution in [0, 0.1) is 0 Å². The van der Waals surface area contributed by atoms with Crippen LogP contribution in [0.3, 0.4) is 0 Å². The lowest BCUT2D eigenvalue weighted by Crippen LogP contribution is -2.36. The van der Waals surface area contributed by atoms with Gasteiger partial charge in [-0.3, -0.25) is 5.21 Å². The highest BCUT2D eigenvalue weighted by atomic mass is 16.5. The van der Waals surface area contributed by atoms with Crippen molar-refractivity contribution in [2.24, 2.45) is 4.99 Å². The van der Waals surface area contributed by atoms with Crippen molar-refractivity contribution in [2.45, 2.75) is 26.2 Å². The molecular weight excluding hydrogens is 154 g/mol. The van der Waals surface area contributed by atoms with Crippen LogP contribution in [0.5, 0.6) is 0 Å². The Balaban J connectivity index is 2.14. The first-order valence-electron chi connectivity index (χ1n) is 4.59. The summed E-state index contributed by atoms with van der Waals surface area (Å²) < 4.78 is 0. The minimum atomic E-state index is 0.631. The zero-order chi connectivity index (χ0) is 8.81. The predicted molar refractivity (Wildman–Crippen MR) is 48.3 cm³/mol. The van der Waals surface area contributed by atoms with E-state index in [2.05, 4.69) is 17.2 Å². The van der Waals surface area contributed by atoms with Crippen LogP contribution in [0.15, 0.2) is 4.99 Å². The summed E-state index contributed by atoms with van der Waals surface area (Å²) >= 11 is 0. The number of nitrogens with zero attached hydrogens (tertiary/aromatic N) is 2. The summed E-state index contributed by atoms with van der Waals surface area (Å²) in [5.41, 5.74) is 0. The van der Waals surface area contributed by atoms with Gasteiger partial charge in [-0.15, -0.1) is 0 Å². The Kier molecular flexibility index (Phi) is 3.87. The van der Waals surface area contributed by atoms with E-state index in [0.29, 0.717) is 12.5 Å². The van der Waals surface area contributed by atoms with Crippen molar-refractivity contribution < 1.29 is 5.21 Å². The second-order valence-electron chi connectivity index (χ2n) is 2.96. The number of aliphatic imine (C=N–C) groups is 1. The lowest BCUT2D eigenvalue weighted by atomic mass is 10.2. The van der Waals surface area contributed by atoms with E-state index in [0.717, 1.165) is 25.9 Å². The molecule has 4 heteroatoms. The van der Waals surface area contributed by atoms with Gasteiger partial charge in [-0.2, -0.15) is 0 Å². The van der Waals surface area contributed by atoms with Gasteiger partial charge in [-0.05, 0) is 6.42 Å². The molecule has 0 atom stereocenters. The minimum Gasteiger partial charge on any atom is -0.353 e. The van der Waals surface area contributed by atoms with Gasteiger partial charge >= 0.3 is 0 Å². The van der Waals surface area contributed by atoms with Crippen LogP contribution in [0.1, 0.15) is 26.2 Å². The van der Waals surface area contributed by atoms with Crippen molar-refractivity contribution in [2.75, 3.05) is 19.6 Å². The Morgan fingerprint density at radius 2 is 2.42 bits per heavy atom. The third-order valence-corrected chi connectivity index (χ3v) is 1.87. The number of guanidine groups is 1. The molecule has 4 nitrogen and oxygen atoms in total. The van der Waals surface area contributed by atoms with Crippen LogP contribution in [0.25, 0.3) is 0 Å². The Morgan fingerprint density at radius 3 is 3.00 bits per heavy atom. The Labute approximate surface area is 73.2 Å². The van der Waals surface area contributed by atoms with E-state index in [1.165, 1.54) is 11.5 Å². The van der Waals surface area contributed by atoms with Gasteiger partial charge < -0.3 is 5.32 Å². The average molecular weight is 171 g/mol. The molecule has 70 valence electrons. The molecule has 0 saturated heterocycles. The minimum absolute atomic E-state index is 0.631. The van der Waals surface area contributed by atoms with Crippen molar-refractivity contribution in [3.05, 3.63) is 0 Å². The summed E-state index contributed by atoms with van der Waals surface area (Å²) in [6.07, 6.45) is 3.35.